The summed E-state index contributed by atoms with van der Waals surface area (Å²) in [4.78, 5) is 33.4. The highest BCUT2D eigenvalue weighted by molar-refractivity contribution is 8.00. The minimum Gasteiger partial charge on any atom is -0.480 e. The van der Waals surface area contributed by atoms with Crippen LogP contribution in [0.15, 0.2) is 30.3 Å². The number of amides is 2. The summed E-state index contributed by atoms with van der Waals surface area (Å²) in [6.07, 6.45) is 0. The fraction of sp³-hybridized carbons (Fsp3) is 0.357. The minimum absolute atomic E-state index is 0.146. The topological polar surface area (TPSA) is 95.5 Å². The van der Waals surface area contributed by atoms with E-state index < -0.39 is 17.9 Å². The van der Waals surface area contributed by atoms with Crippen molar-refractivity contribution in [3.63, 3.8) is 0 Å². The number of benzene rings is 1. The first kappa shape index (κ1) is 17.0. The van der Waals surface area contributed by atoms with Crippen LogP contribution in [-0.2, 0) is 20.9 Å². The van der Waals surface area contributed by atoms with Gasteiger partial charge in [-0.3, -0.25) is 9.59 Å². The van der Waals surface area contributed by atoms with Crippen molar-refractivity contribution < 1.29 is 19.5 Å². The number of carbonyl (C=O) groups is 3. The number of hydrogen-bond donors (Lipinski definition) is 3. The molecule has 6 nitrogen and oxygen atoms in total. The van der Waals surface area contributed by atoms with Crippen molar-refractivity contribution in [2.75, 3.05) is 11.5 Å². The van der Waals surface area contributed by atoms with E-state index in [0.717, 1.165) is 5.56 Å². The molecule has 0 saturated carbocycles. The second-order valence-corrected chi connectivity index (χ2v) is 5.40. The molecule has 0 aliphatic carbocycles. The molecule has 0 fully saturated rings. The van der Waals surface area contributed by atoms with Crippen molar-refractivity contribution in [1.82, 2.24) is 10.6 Å². The molecule has 0 spiro atoms. The van der Waals surface area contributed by atoms with Crippen LogP contribution in [0.25, 0.3) is 0 Å². The van der Waals surface area contributed by atoms with Crippen molar-refractivity contribution in [3.8, 4) is 0 Å². The van der Waals surface area contributed by atoms with Crippen LogP contribution in [-0.4, -0.2) is 40.4 Å². The first-order chi connectivity index (χ1) is 9.99. The molecule has 0 aliphatic rings. The fourth-order valence-corrected chi connectivity index (χ4v) is 2.40. The summed E-state index contributed by atoms with van der Waals surface area (Å²) < 4.78 is 0. The molecule has 1 aromatic carbocycles. The summed E-state index contributed by atoms with van der Waals surface area (Å²) in [5.74, 6) is -1.39. The lowest BCUT2D eigenvalue weighted by atomic mass is 10.2. The number of carboxylic acid groups (broad SMARTS) is 1. The van der Waals surface area contributed by atoms with Crippen LogP contribution in [0.3, 0.4) is 0 Å². The third-order valence-electron chi connectivity index (χ3n) is 2.53. The maximum absolute atomic E-state index is 11.6. The molecule has 0 bridgehead atoms. The van der Waals surface area contributed by atoms with E-state index in [2.05, 4.69) is 10.6 Å². The number of carboxylic acids is 1. The van der Waals surface area contributed by atoms with E-state index >= 15 is 0 Å². The Kier molecular flexibility index (Phi) is 7.31. The molecule has 0 saturated heterocycles. The highest BCUT2D eigenvalue weighted by Gasteiger charge is 2.18. The number of aliphatic carboxylic acids is 1. The molecule has 0 aromatic heterocycles. The molecule has 0 heterocycles. The summed E-state index contributed by atoms with van der Waals surface area (Å²) in [6, 6.07) is 8.52. The van der Waals surface area contributed by atoms with Gasteiger partial charge in [0.25, 0.3) is 0 Å². The summed E-state index contributed by atoms with van der Waals surface area (Å²) in [6.45, 7) is 1.70. The standard InChI is InChI=1S/C14H18N2O4S/c1-10(17)16-12(14(19)20)8-21-9-13(18)15-7-11-5-3-2-4-6-11/h2-6,12H,7-9H2,1H3,(H,15,18)(H,16,17)(H,19,20). The Morgan fingerprint density at radius 2 is 1.90 bits per heavy atom. The average Bonchev–Trinajstić information content (AvgIpc) is 2.44. The number of hydrogen-bond acceptors (Lipinski definition) is 4. The quantitative estimate of drug-likeness (QED) is 0.654. The van der Waals surface area contributed by atoms with E-state index in [1.165, 1.54) is 18.7 Å². The molecular formula is C14H18N2O4S. The minimum atomic E-state index is -1.11. The first-order valence-electron chi connectivity index (χ1n) is 6.37. The van der Waals surface area contributed by atoms with Crippen LogP contribution in [0.2, 0.25) is 0 Å². The number of nitrogens with one attached hydrogen (secondary N) is 2. The largest absolute Gasteiger partial charge is 0.480 e. The van der Waals surface area contributed by atoms with Crippen molar-refractivity contribution in [2.24, 2.45) is 0 Å². The Labute approximate surface area is 127 Å². The Hall–Kier alpha value is -2.02. The van der Waals surface area contributed by atoms with Gasteiger partial charge in [0.05, 0.1) is 5.75 Å². The van der Waals surface area contributed by atoms with E-state index in [-0.39, 0.29) is 17.4 Å². The van der Waals surface area contributed by atoms with E-state index in [9.17, 15) is 14.4 Å². The third kappa shape index (κ3) is 7.36. The zero-order chi connectivity index (χ0) is 15.7. The highest BCUT2D eigenvalue weighted by Crippen LogP contribution is 2.04. The van der Waals surface area contributed by atoms with Crippen molar-refractivity contribution in [3.05, 3.63) is 35.9 Å². The van der Waals surface area contributed by atoms with Crippen molar-refractivity contribution >= 4 is 29.5 Å². The molecule has 1 rings (SSSR count). The molecule has 1 unspecified atom stereocenters. The lowest BCUT2D eigenvalue weighted by Crippen LogP contribution is -2.41. The Morgan fingerprint density at radius 3 is 2.48 bits per heavy atom. The summed E-state index contributed by atoms with van der Waals surface area (Å²) >= 11 is 1.17. The molecule has 0 radical (unpaired) electrons. The van der Waals surface area contributed by atoms with Gasteiger partial charge in [-0.15, -0.1) is 11.8 Å². The van der Waals surface area contributed by atoms with Gasteiger partial charge in [0.2, 0.25) is 11.8 Å². The van der Waals surface area contributed by atoms with E-state index in [1.54, 1.807) is 0 Å². The highest BCUT2D eigenvalue weighted by atomic mass is 32.2. The molecule has 3 N–H and O–H groups in total. The van der Waals surface area contributed by atoms with Gasteiger partial charge in [0.1, 0.15) is 6.04 Å². The van der Waals surface area contributed by atoms with Crippen LogP contribution >= 0.6 is 11.8 Å². The number of rotatable bonds is 8. The van der Waals surface area contributed by atoms with Gasteiger partial charge in [-0.05, 0) is 5.56 Å². The molecular weight excluding hydrogens is 292 g/mol. The van der Waals surface area contributed by atoms with E-state index in [1.807, 2.05) is 30.3 Å². The molecule has 1 atom stereocenters. The number of thioether (sulfide) groups is 1. The second kappa shape index (κ2) is 9.02. The lowest BCUT2D eigenvalue weighted by Gasteiger charge is -2.12. The SMILES string of the molecule is CC(=O)NC(CSCC(=O)NCc1ccccc1)C(=O)O. The summed E-state index contributed by atoms with van der Waals surface area (Å²) in [5.41, 5.74) is 0.998. The summed E-state index contributed by atoms with van der Waals surface area (Å²) in [5, 5.41) is 14.0. The van der Waals surface area contributed by atoms with Gasteiger partial charge in [0, 0.05) is 19.2 Å². The van der Waals surface area contributed by atoms with Crippen LogP contribution < -0.4 is 10.6 Å². The van der Waals surface area contributed by atoms with Gasteiger partial charge in [-0.1, -0.05) is 30.3 Å². The van der Waals surface area contributed by atoms with Crippen molar-refractivity contribution in [2.45, 2.75) is 19.5 Å². The number of carbonyl (C=O) groups excluding carboxylic acids is 2. The van der Waals surface area contributed by atoms with Gasteiger partial charge in [-0.25, -0.2) is 4.79 Å². The van der Waals surface area contributed by atoms with Crippen LogP contribution in [0, 0.1) is 0 Å². The third-order valence-corrected chi connectivity index (χ3v) is 3.56. The maximum Gasteiger partial charge on any atom is 0.327 e. The normalized spacial score (nSPS) is 11.5. The smallest absolute Gasteiger partial charge is 0.327 e. The second-order valence-electron chi connectivity index (χ2n) is 4.37. The van der Waals surface area contributed by atoms with Crippen molar-refractivity contribution in [1.29, 1.82) is 0 Å². The zero-order valence-corrected chi connectivity index (χ0v) is 12.5. The predicted molar refractivity (Wildman–Crippen MR) is 80.9 cm³/mol. The molecule has 7 heteroatoms. The molecule has 1 aromatic rings. The van der Waals surface area contributed by atoms with E-state index in [0.29, 0.717) is 6.54 Å². The van der Waals surface area contributed by atoms with Crippen LogP contribution in [0.5, 0.6) is 0 Å². The fourth-order valence-electron chi connectivity index (χ4n) is 1.54. The average molecular weight is 310 g/mol. The Balaban J connectivity index is 2.26. The molecule has 114 valence electrons. The van der Waals surface area contributed by atoms with E-state index in [4.69, 9.17) is 5.11 Å². The van der Waals surface area contributed by atoms with Gasteiger partial charge < -0.3 is 15.7 Å². The Bertz CT molecular complexity index is 493. The molecule has 21 heavy (non-hydrogen) atoms. The Morgan fingerprint density at radius 1 is 1.24 bits per heavy atom. The van der Waals surface area contributed by atoms with Crippen LogP contribution in [0.4, 0.5) is 0 Å². The zero-order valence-electron chi connectivity index (χ0n) is 11.7. The van der Waals surface area contributed by atoms with Gasteiger partial charge in [0.15, 0.2) is 0 Å². The summed E-state index contributed by atoms with van der Waals surface area (Å²) in [7, 11) is 0. The molecule has 0 aliphatic heterocycles. The van der Waals surface area contributed by atoms with Gasteiger partial charge >= 0.3 is 5.97 Å². The lowest BCUT2D eigenvalue weighted by molar-refractivity contribution is -0.140. The maximum atomic E-state index is 11.6. The monoisotopic (exact) mass is 310 g/mol. The molecule has 2 amide bonds. The predicted octanol–water partition coefficient (Wildman–Crippen LogP) is 0.625. The van der Waals surface area contributed by atoms with Gasteiger partial charge in [-0.2, -0.15) is 0 Å². The first-order valence-corrected chi connectivity index (χ1v) is 7.52. The van der Waals surface area contributed by atoms with Crippen LogP contribution in [0.1, 0.15) is 12.5 Å².